The molecule has 0 aliphatic rings. The normalized spacial score (nSPS) is 12.4. The van der Waals surface area contributed by atoms with Gasteiger partial charge in [0.05, 0.1) is 11.1 Å². The quantitative estimate of drug-likeness (QED) is 0.885. The van der Waals surface area contributed by atoms with E-state index in [9.17, 15) is 5.11 Å². The Hall–Kier alpha value is -1.59. The van der Waals surface area contributed by atoms with Gasteiger partial charge in [-0.25, -0.2) is 0 Å². The van der Waals surface area contributed by atoms with E-state index in [2.05, 4.69) is 17.1 Å². The van der Waals surface area contributed by atoms with E-state index in [0.29, 0.717) is 22.5 Å². The topological polar surface area (TPSA) is 68.4 Å². The maximum atomic E-state index is 9.47. The molecule has 0 bridgehead atoms. The van der Waals surface area contributed by atoms with Gasteiger partial charge in [0.15, 0.2) is 12.4 Å². The van der Waals surface area contributed by atoms with Crippen molar-refractivity contribution in [2.45, 2.75) is 39.4 Å². The highest BCUT2D eigenvalue weighted by atomic mass is 35.5. The number of aliphatic hydroxyl groups excluding tert-OH is 1. The first-order chi connectivity index (χ1) is 9.60. The number of halogens is 1. The molecule has 2 rings (SSSR count). The van der Waals surface area contributed by atoms with Gasteiger partial charge in [0.2, 0.25) is 0 Å². The van der Waals surface area contributed by atoms with Crippen molar-refractivity contribution in [1.29, 1.82) is 0 Å². The highest BCUT2D eigenvalue weighted by Crippen LogP contribution is 2.28. The second kappa shape index (κ2) is 6.72. The minimum atomic E-state index is -0.561. The molecule has 0 amide bonds. The Morgan fingerprint density at radius 2 is 2.25 bits per heavy atom. The van der Waals surface area contributed by atoms with Crippen LogP contribution < -0.4 is 4.74 Å². The first-order valence-electron chi connectivity index (χ1n) is 6.52. The first-order valence-corrected chi connectivity index (χ1v) is 6.89. The predicted molar refractivity (Wildman–Crippen MR) is 74.7 cm³/mol. The van der Waals surface area contributed by atoms with Crippen molar-refractivity contribution < 1.29 is 14.4 Å². The molecular weight excluding hydrogens is 280 g/mol. The molecule has 1 heterocycles. The smallest absolute Gasteiger partial charge is 0.264 e. The minimum absolute atomic E-state index is 0.171. The molecule has 108 valence electrons. The number of aliphatic hydroxyl groups is 1. The lowest BCUT2D eigenvalue weighted by molar-refractivity contribution is 0.199. The SMILES string of the molecule is CCCc1noc(COc2ccc(C(C)O)cc2Cl)n1. The van der Waals surface area contributed by atoms with Crippen LogP contribution in [-0.4, -0.2) is 15.2 Å². The van der Waals surface area contributed by atoms with Gasteiger partial charge in [0, 0.05) is 6.42 Å². The van der Waals surface area contributed by atoms with Gasteiger partial charge in [-0.05, 0) is 31.0 Å². The third-order valence-corrected chi connectivity index (χ3v) is 3.07. The summed E-state index contributed by atoms with van der Waals surface area (Å²) in [5, 5.41) is 13.8. The summed E-state index contributed by atoms with van der Waals surface area (Å²) in [6, 6.07) is 5.16. The lowest BCUT2D eigenvalue weighted by Crippen LogP contribution is -1.98. The molecule has 6 heteroatoms. The Morgan fingerprint density at radius 1 is 1.45 bits per heavy atom. The fourth-order valence-corrected chi connectivity index (χ4v) is 1.95. The molecule has 5 nitrogen and oxygen atoms in total. The van der Waals surface area contributed by atoms with Gasteiger partial charge >= 0.3 is 0 Å². The van der Waals surface area contributed by atoms with Crippen LogP contribution in [0.25, 0.3) is 0 Å². The van der Waals surface area contributed by atoms with Crippen LogP contribution in [0.3, 0.4) is 0 Å². The molecule has 0 saturated heterocycles. The van der Waals surface area contributed by atoms with E-state index in [0.717, 1.165) is 18.4 Å². The van der Waals surface area contributed by atoms with Gasteiger partial charge in [0.1, 0.15) is 5.75 Å². The zero-order chi connectivity index (χ0) is 14.5. The average Bonchev–Trinajstić information content (AvgIpc) is 2.85. The van der Waals surface area contributed by atoms with Crippen molar-refractivity contribution in [1.82, 2.24) is 10.1 Å². The van der Waals surface area contributed by atoms with E-state index in [1.54, 1.807) is 25.1 Å². The molecule has 0 fully saturated rings. The largest absolute Gasteiger partial charge is 0.482 e. The molecule has 0 aliphatic carbocycles. The van der Waals surface area contributed by atoms with Gasteiger partial charge in [-0.2, -0.15) is 4.98 Å². The van der Waals surface area contributed by atoms with Gasteiger partial charge in [-0.3, -0.25) is 0 Å². The summed E-state index contributed by atoms with van der Waals surface area (Å²) >= 11 is 6.09. The van der Waals surface area contributed by atoms with Gasteiger partial charge in [0.25, 0.3) is 5.89 Å². The zero-order valence-corrected chi connectivity index (χ0v) is 12.2. The Balaban J connectivity index is 1.99. The molecule has 20 heavy (non-hydrogen) atoms. The second-order valence-corrected chi connectivity index (χ2v) is 4.92. The molecule has 2 aromatic rings. The van der Waals surface area contributed by atoms with Crippen LogP contribution in [0.1, 0.15) is 43.7 Å². The maximum absolute atomic E-state index is 9.47. The third-order valence-electron chi connectivity index (χ3n) is 2.77. The van der Waals surface area contributed by atoms with Crippen molar-refractivity contribution in [3.63, 3.8) is 0 Å². The van der Waals surface area contributed by atoms with E-state index in [1.807, 2.05) is 0 Å². The van der Waals surface area contributed by atoms with Crippen molar-refractivity contribution in [3.05, 3.63) is 40.5 Å². The van der Waals surface area contributed by atoms with Crippen LogP contribution in [0, 0.1) is 0 Å². The van der Waals surface area contributed by atoms with Gasteiger partial charge in [-0.15, -0.1) is 0 Å². The summed E-state index contributed by atoms with van der Waals surface area (Å²) in [6.45, 7) is 3.90. The summed E-state index contributed by atoms with van der Waals surface area (Å²) in [4.78, 5) is 4.20. The fraction of sp³-hybridized carbons (Fsp3) is 0.429. The van der Waals surface area contributed by atoms with Crippen molar-refractivity contribution >= 4 is 11.6 Å². The van der Waals surface area contributed by atoms with E-state index in [-0.39, 0.29) is 6.61 Å². The molecule has 0 spiro atoms. The Labute approximate surface area is 122 Å². The number of aromatic nitrogens is 2. The molecule has 0 aliphatic heterocycles. The maximum Gasteiger partial charge on any atom is 0.264 e. The van der Waals surface area contributed by atoms with E-state index in [4.69, 9.17) is 20.9 Å². The number of rotatable bonds is 6. The van der Waals surface area contributed by atoms with Crippen LogP contribution in [-0.2, 0) is 13.0 Å². The lowest BCUT2D eigenvalue weighted by Gasteiger charge is -2.09. The number of ether oxygens (including phenoxy) is 1. The Morgan fingerprint density at radius 3 is 2.90 bits per heavy atom. The summed E-state index contributed by atoms with van der Waals surface area (Å²) in [6.07, 6.45) is 1.19. The molecule has 1 aromatic carbocycles. The van der Waals surface area contributed by atoms with Crippen LogP contribution in [0.15, 0.2) is 22.7 Å². The number of benzene rings is 1. The Kier molecular flexibility index (Phi) is 4.98. The highest BCUT2D eigenvalue weighted by Gasteiger charge is 2.10. The first kappa shape index (κ1) is 14.8. The van der Waals surface area contributed by atoms with Crippen LogP contribution in [0.2, 0.25) is 5.02 Å². The third kappa shape index (κ3) is 3.71. The molecule has 0 saturated carbocycles. The number of nitrogens with zero attached hydrogens (tertiary/aromatic N) is 2. The molecule has 0 radical (unpaired) electrons. The van der Waals surface area contributed by atoms with E-state index in [1.165, 1.54) is 0 Å². The van der Waals surface area contributed by atoms with Crippen molar-refractivity contribution in [3.8, 4) is 5.75 Å². The average molecular weight is 297 g/mol. The van der Waals surface area contributed by atoms with Gasteiger partial charge in [-0.1, -0.05) is 29.7 Å². The van der Waals surface area contributed by atoms with Crippen LogP contribution in [0.4, 0.5) is 0 Å². The van der Waals surface area contributed by atoms with Gasteiger partial charge < -0.3 is 14.4 Å². The number of aryl methyl sites for hydroxylation is 1. The predicted octanol–water partition coefficient (Wildman–Crippen LogP) is 3.31. The Bertz CT molecular complexity index is 569. The highest BCUT2D eigenvalue weighted by molar-refractivity contribution is 6.32. The number of hydrogen-bond donors (Lipinski definition) is 1. The lowest BCUT2D eigenvalue weighted by atomic mass is 10.1. The molecular formula is C14H17ClN2O3. The monoisotopic (exact) mass is 296 g/mol. The van der Waals surface area contributed by atoms with E-state index >= 15 is 0 Å². The second-order valence-electron chi connectivity index (χ2n) is 4.51. The van der Waals surface area contributed by atoms with Crippen molar-refractivity contribution in [2.24, 2.45) is 0 Å². The summed E-state index contributed by atoms with van der Waals surface area (Å²) in [5.74, 6) is 1.62. The standard InChI is InChI=1S/C14H17ClN2O3/c1-3-4-13-16-14(20-17-13)8-19-12-6-5-10(9(2)18)7-11(12)15/h5-7,9,18H,3-4,8H2,1-2H3. The van der Waals surface area contributed by atoms with Crippen molar-refractivity contribution in [2.75, 3.05) is 0 Å². The molecule has 1 aromatic heterocycles. The molecule has 1 atom stereocenters. The summed E-state index contributed by atoms with van der Waals surface area (Å²) in [7, 11) is 0. The number of hydrogen-bond acceptors (Lipinski definition) is 5. The summed E-state index contributed by atoms with van der Waals surface area (Å²) in [5.41, 5.74) is 0.741. The van der Waals surface area contributed by atoms with Crippen LogP contribution >= 0.6 is 11.6 Å². The minimum Gasteiger partial charge on any atom is -0.482 e. The molecule has 1 unspecified atom stereocenters. The fourth-order valence-electron chi connectivity index (χ4n) is 1.71. The zero-order valence-electron chi connectivity index (χ0n) is 11.5. The van der Waals surface area contributed by atoms with Crippen LogP contribution in [0.5, 0.6) is 5.75 Å². The summed E-state index contributed by atoms with van der Waals surface area (Å²) < 4.78 is 10.6. The van der Waals surface area contributed by atoms with E-state index < -0.39 is 6.10 Å². The molecule has 1 N–H and O–H groups in total.